The summed E-state index contributed by atoms with van der Waals surface area (Å²) in [6, 6.07) is 79.6. The summed E-state index contributed by atoms with van der Waals surface area (Å²) < 4.78 is 6.72. The number of rotatable bonds is 5. The van der Waals surface area contributed by atoms with Crippen LogP contribution in [0.3, 0.4) is 0 Å². The maximum Gasteiger partial charge on any atom is 0.136 e. The Morgan fingerprint density at radius 1 is 0.237 bits per heavy atom. The van der Waals surface area contributed by atoms with Crippen molar-refractivity contribution in [2.24, 2.45) is 0 Å². The fourth-order valence-corrected chi connectivity index (χ4v) is 9.65. The Balaban J connectivity index is 1.21. The molecular formula is C58H36O. The highest BCUT2D eigenvalue weighted by Crippen LogP contribution is 2.50. The molecule has 12 aromatic rings. The lowest BCUT2D eigenvalue weighted by Crippen LogP contribution is -1.93. The fourth-order valence-electron chi connectivity index (χ4n) is 9.65. The zero-order chi connectivity index (χ0) is 38.9. The van der Waals surface area contributed by atoms with Gasteiger partial charge in [-0.25, -0.2) is 0 Å². The van der Waals surface area contributed by atoms with Crippen LogP contribution in [0.25, 0.3) is 121 Å². The first-order valence-electron chi connectivity index (χ1n) is 20.3. The smallest absolute Gasteiger partial charge is 0.136 e. The first-order valence-corrected chi connectivity index (χ1v) is 20.3. The van der Waals surface area contributed by atoms with E-state index in [0.29, 0.717) is 0 Å². The Kier molecular flexibility index (Phi) is 7.61. The van der Waals surface area contributed by atoms with Crippen molar-refractivity contribution in [3.63, 3.8) is 0 Å². The van der Waals surface area contributed by atoms with Gasteiger partial charge in [0.25, 0.3) is 0 Å². The zero-order valence-corrected chi connectivity index (χ0v) is 32.2. The van der Waals surface area contributed by atoms with E-state index in [1.54, 1.807) is 0 Å². The van der Waals surface area contributed by atoms with Crippen LogP contribution in [0.5, 0.6) is 0 Å². The van der Waals surface area contributed by atoms with Crippen LogP contribution in [0.15, 0.2) is 223 Å². The van der Waals surface area contributed by atoms with E-state index >= 15 is 0 Å². The third-order valence-corrected chi connectivity index (χ3v) is 12.2. The molecule has 0 amide bonds. The van der Waals surface area contributed by atoms with Gasteiger partial charge in [-0.05, 0) is 123 Å². The first kappa shape index (κ1) is 33.4. The lowest BCUT2D eigenvalue weighted by molar-refractivity contribution is 0.669. The van der Waals surface area contributed by atoms with Gasteiger partial charge in [0, 0.05) is 16.3 Å². The van der Waals surface area contributed by atoms with Gasteiger partial charge >= 0.3 is 0 Å². The molecule has 0 saturated carbocycles. The topological polar surface area (TPSA) is 13.1 Å². The van der Waals surface area contributed by atoms with Crippen LogP contribution in [0.2, 0.25) is 0 Å². The highest BCUT2D eigenvalue weighted by molar-refractivity contribution is 6.25. The van der Waals surface area contributed by atoms with Gasteiger partial charge in [-0.1, -0.05) is 188 Å². The van der Waals surface area contributed by atoms with E-state index < -0.39 is 0 Å². The second-order valence-electron chi connectivity index (χ2n) is 15.5. The van der Waals surface area contributed by atoms with Crippen molar-refractivity contribution in [3.05, 3.63) is 218 Å². The van der Waals surface area contributed by atoms with Gasteiger partial charge in [0.05, 0.1) is 0 Å². The van der Waals surface area contributed by atoms with Crippen molar-refractivity contribution in [1.82, 2.24) is 0 Å². The standard InChI is InChI=1S/C58H36O/c1-3-16-37(17-4-1)40-30-32-53-52(35-40)58-54(59-53)33-31-45(39-18-5-2-6-19-39)57(58)51-36-42(34-41-21-8-10-24-44(41)51)55-47-25-11-13-27-49(47)56(50-28-14-12-26-48(50)55)46-29-15-22-38-20-7-9-23-43(38)46/h1-36H. The zero-order valence-electron chi connectivity index (χ0n) is 32.2. The molecule has 0 radical (unpaired) electrons. The predicted molar refractivity (Wildman–Crippen MR) is 251 cm³/mol. The summed E-state index contributed by atoms with van der Waals surface area (Å²) in [6.07, 6.45) is 0. The fraction of sp³-hybridized carbons (Fsp3) is 0. The Morgan fingerprint density at radius 3 is 1.47 bits per heavy atom. The number of hydrogen-bond acceptors (Lipinski definition) is 1. The lowest BCUT2D eigenvalue weighted by Gasteiger charge is -2.20. The molecule has 0 aliphatic heterocycles. The number of furan rings is 1. The molecule has 1 heteroatoms. The summed E-state index contributed by atoms with van der Waals surface area (Å²) in [5.41, 5.74) is 13.8. The Bertz CT molecular complexity index is 3530. The molecule has 1 aromatic heterocycles. The van der Waals surface area contributed by atoms with Gasteiger partial charge in [-0.15, -0.1) is 0 Å². The molecule has 0 bridgehead atoms. The van der Waals surface area contributed by atoms with Crippen molar-refractivity contribution in [2.45, 2.75) is 0 Å². The second-order valence-corrected chi connectivity index (χ2v) is 15.5. The normalized spacial score (nSPS) is 11.7. The van der Waals surface area contributed by atoms with Crippen LogP contribution in [0.1, 0.15) is 0 Å². The average Bonchev–Trinajstić information content (AvgIpc) is 3.69. The van der Waals surface area contributed by atoms with Crippen LogP contribution < -0.4 is 0 Å². The highest BCUT2D eigenvalue weighted by Gasteiger charge is 2.23. The molecule has 0 atom stereocenters. The van der Waals surface area contributed by atoms with Crippen molar-refractivity contribution in [3.8, 4) is 55.6 Å². The SMILES string of the molecule is c1ccc(-c2ccc3oc4ccc(-c5ccccc5)c(-c5cc(-c6c7ccccc7c(-c7cccc8ccccc78)c7ccccc67)cc6ccccc56)c4c3c2)cc1. The number of fused-ring (bicyclic) bond motifs is 7. The van der Waals surface area contributed by atoms with E-state index in [1.807, 2.05) is 0 Å². The molecule has 0 aliphatic rings. The van der Waals surface area contributed by atoms with Gasteiger partial charge in [-0.3, -0.25) is 0 Å². The summed E-state index contributed by atoms with van der Waals surface area (Å²) in [5.74, 6) is 0. The molecule has 0 aliphatic carbocycles. The third kappa shape index (κ3) is 5.33. The van der Waals surface area contributed by atoms with Crippen LogP contribution in [-0.2, 0) is 0 Å². The van der Waals surface area contributed by atoms with Crippen LogP contribution >= 0.6 is 0 Å². The summed E-state index contributed by atoms with van der Waals surface area (Å²) in [5, 5.41) is 12.1. The quantitative estimate of drug-likeness (QED) is 0.160. The molecule has 59 heavy (non-hydrogen) atoms. The number of hydrogen-bond donors (Lipinski definition) is 0. The third-order valence-electron chi connectivity index (χ3n) is 12.2. The van der Waals surface area contributed by atoms with E-state index in [-0.39, 0.29) is 0 Å². The van der Waals surface area contributed by atoms with Crippen molar-refractivity contribution >= 4 is 65.0 Å². The van der Waals surface area contributed by atoms with Gasteiger partial charge in [0.15, 0.2) is 0 Å². The predicted octanol–water partition coefficient (Wildman–Crippen LogP) is 16.5. The van der Waals surface area contributed by atoms with Crippen LogP contribution in [-0.4, -0.2) is 0 Å². The Labute approximate surface area is 342 Å². The summed E-state index contributed by atoms with van der Waals surface area (Å²) in [6.45, 7) is 0. The summed E-state index contributed by atoms with van der Waals surface area (Å²) in [4.78, 5) is 0. The molecule has 0 spiro atoms. The first-order chi connectivity index (χ1) is 29.3. The average molecular weight is 749 g/mol. The van der Waals surface area contributed by atoms with E-state index in [9.17, 15) is 0 Å². The lowest BCUT2D eigenvalue weighted by atomic mass is 9.82. The monoisotopic (exact) mass is 748 g/mol. The molecule has 0 fully saturated rings. The maximum atomic E-state index is 6.72. The molecule has 11 aromatic carbocycles. The minimum Gasteiger partial charge on any atom is -0.456 e. The van der Waals surface area contributed by atoms with E-state index in [2.05, 4.69) is 218 Å². The molecular weight excluding hydrogens is 713 g/mol. The van der Waals surface area contributed by atoms with E-state index in [0.717, 1.165) is 21.9 Å². The largest absolute Gasteiger partial charge is 0.456 e. The summed E-state index contributed by atoms with van der Waals surface area (Å²) in [7, 11) is 0. The van der Waals surface area contributed by atoms with Gasteiger partial charge < -0.3 is 4.42 Å². The molecule has 0 unspecified atom stereocenters. The molecule has 1 nitrogen and oxygen atoms in total. The van der Waals surface area contributed by atoms with Gasteiger partial charge in [-0.2, -0.15) is 0 Å². The van der Waals surface area contributed by atoms with Gasteiger partial charge in [0.1, 0.15) is 11.2 Å². The Hall–Kier alpha value is -7.74. The van der Waals surface area contributed by atoms with Crippen LogP contribution in [0, 0.1) is 0 Å². The van der Waals surface area contributed by atoms with Crippen molar-refractivity contribution in [1.29, 1.82) is 0 Å². The Morgan fingerprint density at radius 2 is 0.780 bits per heavy atom. The summed E-state index contributed by atoms with van der Waals surface area (Å²) >= 11 is 0. The van der Waals surface area contributed by atoms with Crippen molar-refractivity contribution < 1.29 is 4.42 Å². The highest BCUT2D eigenvalue weighted by atomic mass is 16.3. The molecule has 12 rings (SSSR count). The molecule has 1 heterocycles. The van der Waals surface area contributed by atoms with Crippen molar-refractivity contribution in [2.75, 3.05) is 0 Å². The van der Waals surface area contributed by atoms with E-state index in [4.69, 9.17) is 4.42 Å². The molecule has 274 valence electrons. The van der Waals surface area contributed by atoms with Gasteiger partial charge in [0.2, 0.25) is 0 Å². The number of benzene rings is 11. The second kappa shape index (κ2) is 13.4. The molecule has 0 saturated heterocycles. The maximum absolute atomic E-state index is 6.72. The molecule has 0 N–H and O–H groups in total. The minimum absolute atomic E-state index is 0.879. The minimum atomic E-state index is 0.879. The van der Waals surface area contributed by atoms with Crippen LogP contribution in [0.4, 0.5) is 0 Å². The van der Waals surface area contributed by atoms with E-state index in [1.165, 1.54) is 98.7 Å².